The summed E-state index contributed by atoms with van der Waals surface area (Å²) in [7, 11) is -1.56. The molecule has 0 saturated heterocycles. The van der Waals surface area contributed by atoms with E-state index in [-0.39, 0.29) is 6.54 Å². The first-order chi connectivity index (χ1) is 9.12. The second kappa shape index (κ2) is 6.33. The monoisotopic (exact) mass is 300 g/mol. The molecule has 2 rings (SSSR count). The van der Waals surface area contributed by atoms with Gasteiger partial charge in [0.05, 0.1) is 12.5 Å². The molecule has 0 unspecified atom stereocenters. The van der Waals surface area contributed by atoms with Gasteiger partial charge in [0.15, 0.2) is 0 Å². The summed E-state index contributed by atoms with van der Waals surface area (Å²) in [6, 6.07) is 5.23. The minimum absolute atomic E-state index is 0.239. The van der Waals surface area contributed by atoms with E-state index in [9.17, 15) is 8.42 Å². The van der Waals surface area contributed by atoms with Gasteiger partial charge in [-0.2, -0.15) is 0 Å². The second-order valence-corrected chi connectivity index (χ2v) is 7.19. The molecule has 0 spiro atoms. The third-order valence-corrected chi connectivity index (χ3v) is 5.61. The zero-order valence-corrected chi connectivity index (χ0v) is 12.2. The summed E-state index contributed by atoms with van der Waals surface area (Å²) in [5, 5.41) is 3.04. The third-order valence-electron chi connectivity index (χ3n) is 2.57. The SMILES string of the molecule is CNCCc1ccc(S(=O)(=O)NCc2ccoc2)s1. The van der Waals surface area contributed by atoms with Crippen molar-refractivity contribution >= 4 is 21.4 Å². The van der Waals surface area contributed by atoms with Crippen molar-refractivity contribution in [1.29, 1.82) is 0 Å². The highest BCUT2D eigenvalue weighted by molar-refractivity contribution is 7.91. The Morgan fingerprint density at radius 1 is 1.32 bits per heavy atom. The Kier molecular flexibility index (Phi) is 4.76. The van der Waals surface area contributed by atoms with Crippen LogP contribution in [-0.4, -0.2) is 22.0 Å². The molecule has 0 fully saturated rings. The van der Waals surface area contributed by atoms with Crippen LogP contribution < -0.4 is 10.0 Å². The Bertz CT molecular complexity index is 603. The summed E-state index contributed by atoms with van der Waals surface area (Å²) in [6.07, 6.45) is 3.87. The van der Waals surface area contributed by atoms with Gasteiger partial charge >= 0.3 is 0 Å². The maximum absolute atomic E-state index is 12.1. The predicted octanol–water partition coefficient (Wildman–Crippen LogP) is 1.58. The first-order valence-electron chi connectivity index (χ1n) is 5.86. The molecule has 0 aliphatic heterocycles. The van der Waals surface area contributed by atoms with E-state index in [2.05, 4.69) is 10.0 Å². The van der Waals surface area contributed by atoms with Crippen LogP contribution in [-0.2, 0) is 23.0 Å². The Balaban J connectivity index is 2.00. The summed E-state index contributed by atoms with van der Waals surface area (Å²) in [4.78, 5) is 1.05. The molecule has 104 valence electrons. The lowest BCUT2D eigenvalue weighted by atomic mass is 10.3. The minimum Gasteiger partial charge on any atom is -0.472 e. The molecule has 0 aromatic carbocycles. The van der Waals surface area contributed by atoms with Crippen molar-refractivity contribution in [3.63, 3.8) is 0 Å². The summed E-state index contributed by atoms with van der Waals surface area (Å²) in [5.74, 6) is 0. The first-order valence-corrected chi connectivity index (χ1v) is 8.16. The molecule has 0 amide bonds. The third kappa shape index (κ3) is 3.90. The van der Waals surface area contributed by atoms with Gasteiger partial charge in [0.1, 0.15) is 4.21 Å². The highest BCUT2D eigenvalue weighted by atomic mass is 32.2. The fourth-order valence-electron chi connectivity index (χ4n) is 1.53. The fourth-order valence-corrected chi connectivity index (χ4v) is 3.95. The number of furan rings is 1. The van der Waals surface area contributed by atoms with Gasteiger partial charge in [-0.05, 0) is 38.2 Å². The summed E-state index contributed by atoms with van der Waals surface area (Å²) in [5.41, 5.74) is 0.801. The minimum atomic E-state index is -3.43. The van der Waals surface area contributed by atoms with E-state index in [4.69, 9.17) is 4.42 Å². The number of hydrogen-bond acceptors (Lipinski definition) is 5. The number of sulfonamides is 1. The molecule has 0 saturated carbocycles. The lowest BCUT2D eigenvalue weighted by Crippen LogP contribution is -2.22. The standard InChI is InChI=1S/C12H16N2O3S2/c1-13-6-4-11-2-3-12(18-11)19(15,16)14-8-10-5-7-17-9-10/h2-3,5,7,9,13-14H,4,6,8H2,1H3. The van der Waals surface area contributed by atoms with Gasteiger partial charge in [-0.15, -0.1) is 11.3 Å². The van der Waals surface area contributed by atoms with Crippen molar-refractivity contribution in [1.82, 2.24) is 10.0 Å². The number of hydrogen-bond donors (Lipinski definition) is 2. The van der Waals surface area contributed by atoms with Crippen molar-refractivity contribution in [3.05, 3.63) is 41.2 Å². The summed E-state index contributed by atoms with van der Waals surface area (Å²) in [6.45, 7) is 1.07. The average Bonchev–Trinajstić information content (AvgIpc) is 3.05. The molecule has 0 radical (unpaired) electrons. The Morgan fingerprint density at radius 3 is 2.84 bits per heavy atom. The maximum Gasteiger partial charge on any atom is 0.250 e. The smallest absolute Gasteiger partial charge is 0.250 e. The van der Waals surface area contributed by atoms with E-state index in [1.807, 2.05) is 13.1 Å². The molecule has 0 aliphatic rings. The normalized spacial score (nSPS) is 11.8. The van der Waals surface area contributed by atoms with Crippen LogP contribution >= 0.6 is 11.3 Å². The van der Waals surface area contributed by atoms with Crippen molar-refractivity contribution in [3.8, 4) is 0 Å². The molecule has 0 aliphatic carbocycles. The summed E-state index contributed by atoms with van der Waals surface area (Å²) < 4.78 is 31.9. The number of rotatable bonds is 7. The van der Waals surface area contributed by atoms with Gasteiger partial charge < -0.3 is 9.73 Å². The second-order valence-electron chi connectivity index (χ2n) is 4.03. The van der Waals surface area contributed by atoms with Crippen LogP contribution in [0.15, 0.2) is 39.4 Å². The molecule has 7 heteroatoms. The predicted molar refractivity (Wildman–Crippen MR) is 74.7 cm³/mol. The van der Waals surface area contributed by atoms with Crippen LogP contribution in [0, 0.1) is 0 Å². The van der Waals surface area contributed by atoms with Crippen LogP contribution in [0.5, 0.6) is 0 Å². The van der Waals surface area contributed by atoms with Crippen LogP contribution in [0.4, 0.5) is 0 Å². The van der Waals surface area contributed by atoms with E-state index in [1.165, 1.54) is 23.9 Å². The Morgan fingerprint density at radius 2 is 2.16 bits per heavy atom. The van der Waals surface area contributed by atoms with Crippen LogP contribution in [0.2, 0.25) is 0 Å². The number of nitrogens with one attached hydrogen (secondary N) is 2. The molecular formula is C12H16N2O3S2. The van der Waals surface area contributed by atoms with E-state index in [1.54, 1.807) is 12.1 Å². The van der Waals surface area contributed by atoms with E-state index in [0.717, 1.165) is 23.4 Å². The average molecular weight is 300 g/mol. The van der Waals surface area contributed by atoms with Crippen LogP contribution in [0.1, 0.15) is 10.4 Å². The number of thiophene rings is 1. The number of likely N-dealkylation sites (N-methyl/N-ethyl adjacent to an activating group) is 1. The van der Waals surface area contributed by atoms with Crippen molar-refractivity contribution in [2.24, 2.45) is 0 Å². The molecule has 2 aromatic heterocycles. The summed E-state index contributed by atoms with van der Waals surface area (Å²) >= 11 is 1.30. The van der Waals surface area contributed by atoms with Gasteiger partial charge in [-0.25, -0.2) is 13.1 Å². The Hall–Kier alpha value is -1.15. The topological polar surface area (TPSA) is 71.3 Å². The highest BCUT2D eigenvalue weighted by Gasteiger charge is 2.16. The fraction of sp³-hybridized carbons (Fsp3) is 0.333. The van der Waals surface area contributed by atoms with Gasteiger partial charge in [-0.3, -0.25) is 0 Å². The quantitative estimate of drug-likeness (QED) is 0.814. The lowest BCUT2D eigenvalue weighted by Gasteiger charge is -2.02. The van der Waals surface area contributed by atoms with Crippen molar-refractivity contribution in [2.45, 2.75) is 17.2 Å². The lowest BCUT2D eigenvalue weighted by molar-refractivity contribution is 0.561. The molecule has 5 nitrogen and oxygen atoms in total. The van der Waals surface area contributed by atoms with Gasteiger partial charge in [0.2, 0.25) is 10.0 Å². The molecule has 2 N–H and O–H groups in total. The molecule has 0 bridgehead atoms. The molecule has 2 aromatic rings. The van der Waals surface area contributed by atoms with Crippen molar-refractivity contribution in [2.75, 3.05) is 13.6 Å². The molecule has 19 heavy (non-hydrogen) atoms. The van der Waals surface area contributed by atoms with Crippen LogP contribution in [0.25, 0.3) is 0 Å². The van der Waals surface area contributed by atoms with E-state index < -0.39 is 10.0 Å². The van der Waals surface area contributed by atoms with Crippen LogP contribution in [0.3, 0.4) is 0 Å². The largest absolute Gasteiger partial charge is 0.472 e. The van der Waals surface area contributed by atoms with E-state index in [0.29, 0.717) is 4.21 Å². The van der Waals surface area contributed by atoms with Gasteiger partial charge in [0.25, 0.3) is 0 Å². The highest BCUT2D eigenvalue weighted by Crippen LogP contribution is 2.21. The van der Waals surface area contributed by atoms with Gasteiger partial charge in [-0.1, -0.05) is 0 Å². The van der Waals surface area contributed by atoms with Gasteiger partial charge in [0, 0.05) is 17.0 Å². The van der Waals surface area contributed by atoms with Crippen molar-refractivity contribution < 1.29 is 12.8 Å². The van der Waals surface area contributed by atoms with E-state index >= 15 is 0 Å². The molecular weight excluding hydrogens is 284 g/mol. The molecule has 0 atom stereocenters. The zero-order valence-electron chi connectivity index (χ0n) is 10.5. The maximum atomic E-state index is 12.1. The molecule has 2 heterocycles. The first kappa shape index (κ1) is 14.3. The zero-order chi connectivity index (χ0) is 13.7. The Labute approximate surface area is 116 Å².